The largest absolute Gasteiger partial charge is 0.480 e. The zero-order valence-corrected chi connectivity index (χ0v) is 23.8. The summed E-state index contributed by atoms with van der Waals surface area (Å²) in [5.41, 5.74) is 3.02. The third-order valence-electron chi connectivity index (χ3n) is 7.14. The topological polar surface area (TPSA) is 155 Å². The monoisotopic (exact) mass is 564 g/mol. The molecule has 0 spiro atoms. The quantitative estimate of drug-likeness (QED) is 0.283. The van der Waals surface area contributed by atoms with Crippen molar-refractivity contribution >= 4 is 26.9 Å². The fraction of sp³-hybridized carbons (Fsp3) is 0.444. The molecule has 5 rings (SSSR count). The van der Waals surface area contributed by atoms with Crippen molar-refractivity contribution in [1.29, 1.82) is 0 Å². The Morgan fingerprint density at radius 1 is 1.05 bits per heavy atom. The molecule has 12 nitrogen and oxygen atoms in total. The number of nitrogens with one attached hydrogen (secondary N) is 1. The number of ether oxygens (including phenoxy) is 1. The number of methoxy groups -OCH3 is 1. The number of nitrogens with zero attached hydrogens (tertiary/aromatic N) is 7. The standard InChI is InChI=1S/C27H32N8O4S/c1-5-18(6-2)35-25-23(30-14-20(33-25)21-22(16-8-9-16)31-15-32-26(21)39-4)34-24(27(35)36)29-12-17-10-11-19(13-28-17)40(37,38)7-3/h10-11,13-16,18H,5-9,12H2,1-4H3,(H,29,30,34). The SMILES string of the molecule is CCC(CC)n1c(=O)c(NCc2ccc(S(=O)(=O)CC)cn2)nc2ncc(-c3c(OC)ncnc3C3CC3)nc21. The molecule has 0 unspecified atom stereocenters. The van der Waals surface area contributed by atoms with Gasteiger partial charge < -0.3 is 10.1 Å². The first-order valence-corrected chi connectivity index (χ1v) is 15.1. The summed E-state index contributed by atoms with van der Waals surface area (Å²) >= 11 is 0. The molecule has 0 bridgehead atoms. The summed E-state index contributed by atoms with van der Waals surface area (Å²) in [6, 6.07) is 3.01. The van der Waals surface area contributed by atoms with Crippen molar-refractivity contribution in [2.45, 2.75) is 69.9 Å². The van der Waals surface area contributed by atoms with E-state index in [4.69, 9.17) is 9.72 Å². The maximum Gasteiger partial charge on any atom is 0.295 e. The molecule has 4 aromatic rings. The smallest absolute Gasteiger partial charge is 0.295 e. The average Bonchev–Trinajstić information content (AvgIpc) is 3.83. The van der Waals surface area contributed by atoms with Crippen LogP contribution in [0.5, 0.6) is 5.88 Å². The second-order valence-corrected chi connectivity index (χ2v) is 11.9. The molecule has 0 amide bonds. The Balaban J connectivity index is 1.56. The van der Waals surface area contributed by atoms with E-state index in [9.17, 15) is 13.2 Å². The highest BCUT2D eigenvalue weighted by Crippen LogP contribution is 2.45. The Labute approximate surface area is 232 Å². The van der Waals surface area contributed by atoms with E-state index >= 15 is 0 Å². The molecule has 1 aliphatic rings. The van der Waals surface area contributed by atoms with Gasteiger partial charge in [0.2, 0.25) is 5.88 Å². The maximum absolute atomic E-state index is 13.8. The van der Waals surface area contributed by atoms with Crippen LogP contribution in [-0.4, -0.2) is 55.8 Å². The predicted octanol–water partition coefficient (Wildman–Crippen LogP) is 3.69. The molecular formula is C27H32N8O4S. The molecule has 40 heavy (non-hydrogen) atoms. The average molecular weight is 565 g/mol. The Kier molecular flexibility index (Phi) is 7.74. The van der Waals surface area contributed by atoms with E-state index in [-0.39, 0.29) is 34.6 Å². The number of pyridine rings is 1. The Morgan fingerprint density at radius 2 is 1.82 bits per heavy atom. The number of aromatic nitrogens is 7. The van der Waals surface area contributed by atoms with Crippen LogP contribution in [0.25, 0.3) is 22.6 Å². The van der Waals surface area contributed by atoms with Crippen LogP contribution >= 0.6 is 0 Å². The highest BCUT2D eigenvalue weighted by Gasteiger charge is 2.31. The van der Waals surface area contributed by atoms with E-state index in [0.29, 0.717) is 52.9 Å². The molecule has 210 valence electrons. The van der Waals surface area contributed by atoms with Gasteiger partial charge in [0.25, 0.3) is 5.56 Å². The van der Waals surface area contributed by atoms with Gasteiger partial charge in [-0.25, -0.2) is 33.3 Å². The van der Waals surface area contributed by atoms with Crippen molar-refractivity contribution < 1.29 is 13.2 Å². The van der Waals surface area contributed by atoms with Crippen LogP contribution in [0.15, 0.2) is 40.5 Å². The first-order chi connectivity index (χ1) is 19.3. The van der Waals surface area contributed by atoms with E-state index in [1.54, 1.807) is 30.9 Å². The molecular weight excluding hydrogens is 532 g/mol. The van der Waals surface area contributed by atoms with Crippen LogP contribution in [0.2, 0.25) is 0 Å². The number of fused-ring (bicyclic) bond motifs is 1. The van der Waals surface area contributed by atoms with Crippen molar-refractivity contribution in [2.75, 3.05) is 18.2 Å². The van der Waals surface area contributed by atoms with Gasteiger partial charge in [-0.2, -0.15) is 0 Å². The summed E-state index contributed by atoms with van der Waals surface area (Å²) in [5, 5.41) is 3.07. The number of sulfone groups is 1. The first-order valence-electron chi connectivity index (χ1n) is 13.4. The lowest BCUT2D eigenvalue weighted by atomic mass is 10.1. The molecule has 13 heteroatoms. The summed E-state index contributed by atoms with van der Waals surface area (Å²) in [6.07, 6.45) is 7.93. The summed E-state index contributed by atoms with van der Waals surface area (Å²) in [4.78, 5) is 41.0. The van der Waals surface area contributed by atoms with Gasteiger partial charge in [-0.15, -0.1) is 0 Å². The van der Waals surface area contributed by atoms with Gasteiger partial charge >= 0.3 is 0 Å². The molecule has 1 saturated carbocycles. The van der Waals surface area contributed by atoms with E-state index in [0.717, 1.165) is 18.5 Å². The van der Waals surface area contributed by atoms with Gasteiger partial charge in [0.05, 0.1) is 53.1 Å². The molecule has 0 aliphatic heterocycles. The number of hydrogen-bond donors (Lipinski definition) is 1. The van der Waals surface area contributed by atoms with E-state index in [1.165, 1.54) is 18.6 Å². The minimum Gasteiger partial charge on any atom is -0.480 e. The molecule has 0 saturated heterocycles. The van der Waals surface area contributed by atoms with Crippen LogP contribution in [0.1, 0.15) is 69.8 Å². The fourth-order valence-electron chi connectivity index (χ4n) is 4.69. The summed E-state index contributed by atoms with van der Waals surface area (Å²) in [5.74, 6) is 0.851. The Morgan fingerprint density at radius 3 is 2.45 bits per heavy atom. The molecule has 4 heterocycles. The minimum absolute atomic E-state index is 0.00241. The van der Waals surface area contributed by atoms with Gasteiger partial charge in [-0.1, -0.05) is 20.8 Å². The van der Waals surface area contributed by atoms with Gasteiger partial charge in [0, 0.05) is 18.2 Å². The lowest BCUT2D eigenvalue weighted by Gasteiger charge is -2.20. The Hall–Kier alpha value is -4.00. The molecule has 1 aliphatic carbocycles. The van der Waals surface area contributed by atoms with Crippen molar-refractivity contribution in [3.8, 4) is 17.1 Å². The number of hydrogen-bond acceptors (Lipinski definition) is 11. The van der Waals surface area contributed by atoms with Crippen molar-refractivity contribution in [2.24, 2.45) is 0 Å². The normalized spacial score (nSPS) is 13.6. The summed E-state index contributed by atoms with van der Waals surface area (Å²) in [6.45, 7) is 5.81. The third-order valence-corrected chi connectivity index (χ3v) is 8.86. The third kappa shape index (κ3) is 5.25. The fourth-order valence-corrected chi connectivity index (χ4v) is 5.51. The number of anilines is 1. The second-order valence-electron chi connectivity index (χ2n) is 9.67. The van der Waals surface area contributed by atoms with Gasteiger partial charge in [-0.3, -0.25) is 14.3 Å². The van der Waals surface area contributed by atoms with Crippen LogP contribution in [-0.2, 0) is 16.4 Å². The lowest BCUT2D eigenvalue weighted by Crippen LogP contribution is -2.29. The summed E-state index contributed by atoms with van der Waals surface area (Å²) in [7, 11) is -1.79. The number of rotatable bonds is 11. The molecule has 0 aromatic carbocycles. The van der Waals surface area contributed by atoms with Crippen molar-refractivity contribution in [3.05, 3.63) is 52.6 Å². The van der Waals surface area contributed by atoms with Gasteiger partial charge in [0.15, 0.2) is 26.9 Å². The van der Waals surface area contributed by atoms with Crippen LogP contribution < -0.4 is 15.6 Å². The van der Waals surface area contributed by atoms with Gasteiger partial charge in [0.1, 0.15) is 6.33 Å². The van der Waals surface area contributed by atoms with Crippen molar-refractivity contribution in [1.82, 2.24) is 34.5 Å². The van der Waals surface area contributed by atoms with Crippen molar-refractivity contribution in [3.63, 3.8) is 0 Å². The zero-order valence-electron chi connectivity index (χ0n) is 23.0. The molecule has 4 aromatic heterocycles. The van der Waals surface area contributed by atoms with Crippen LogP contribution in [0, 0.1) is 0 Å². The molecule has 1 N–H and O–H groups in total. The van der Waals surface area contributed by atoms with Crippen LogP contribution in [0.3, 0.4) is 0 Å². The van der Waals surface area contributed by atoms with E-state index in [1.807, 2.05) is 13.8 Å². The lowest BCUT2D eigenvalue weighted by molar-refractivity contribution is 0.397. The first kappa shape index (κ1) is 27.6. The zero-order chi connectivity index (χ0) is 28.4. The molecule has 0 radical (unpaired) electrons. The van der Waals surface area contributed by atoms with E-state index in [2.05, 4.69) is 30.2 Å². The summed E-state index contributed by atoms with van der Waals surface area (Å²) < 4.78 is 31.4. The molecule has 0 atom stereocenters. The minimum atomic E-state index is -3.35. The maximum atomic E-state index is 13.8. The predicted molar refractivity (Wildman–Crippen MR) is 150 cm³/mol. The van der Waals surface area contributed by atoms with Gasteiger partial charge in [-0.05, 0) is 37.8 Å². The highest BCUT2D eigenvalue weighted by atomic mass is 32.2. The molecule has 1 fully saturated rings. The highest BCUT2D eigenvalue weighted by molar-refractivity contribution is 7.91. The van der Waals surface area contributed by atoms with Crippen LogP contribution in [0.4, 0.5) is 5.82 Å². The second kappa shape index (κ2) is 11.2. The van der Waals surface area contributed by atoms with E-state index < -0.39 is 9.84 Å². The Bertz CT molecular complexity index is 1700.